The van der Waals surface area contributed by atoms with Crippen molar-refractivity contribution in [2.75, 3.05) is 26.7 Å². The highest BCUT2D eigenvalue weighted by Crippen LogP contribution is 2.21. The summed E-state index contributed by atoms with van der Waals surface area (Å²) in [7, 11) is 1.77. The number of nitrogens with zero attached hydrogens (tertiary/aromatic N) is 2. The maximum absolute atomic E-state index is 5.88. The van der Waals surface area contributed by atoms with Crippen LogP contribution in [0.4, 0.5) is 0 Å². The van der Waals surface area contributed by atoms with Crippen LogP contribution in [0.25, 0.3) is 0 Å². The average molecular weight is 326 g/mol. The van der Waals surface area contributed by atoms with Crippen molar-refractivity contribution in [1.82, 2.24) is 15.6 Å². The summed E-state index contributed by atoms with van der Waals surface area (Å²) in [6, 6.07) is 12.1. The summed E-state index contributed by atoms with van der Waals surface area (Å²) >= 11 is 0. The smallest absolute Gasteiger partial charge is 0.191 e. The van der Waals surface area contributed by atoms with Crippen molar-refractivity contribution in [2.24, 2.45) is 4.99 Å². The number of hydrogen-bond donors (Lipinski definition) is 2. The Hall–Kier alpha value is -2.56. The lowest BCUT2D eigenvalue weighted by Gasteiger charge is -2.14. The maximum Gasteiger partial charge on any atom is 0.191 e. The van der Waals surface area contributed by atoms with Crippen molar-refractivity contribution < 1.29 is 4.74 Å². The van der Waals surface area contributed by atoms with Crippen LogP contribution in [0, 0.1) is 13.8 Å². The monoisotopic (exact) mass is 326 g/mol. The fourth-order valence-corrected chi connectivity index (χ4v) is 2.42. The molecule has 0 fully saturated rings. The van der Waals surface area contributed by atoms with E-state index in [0.717, 1.165) is 41.5 Å². The van der Waals surface area contributed by atoms with Crippen LogP contribution in [0.15, 0.2) is 47.6 Å². The van der Waals surface area contributed by atoms with Gasteiger partial charge in [0, 0.05) is 31.9 Å². The Morgan fingerprint density at radius 2 is 1.79 bits per heavy atom. The van der Waals surface area contributed by atoms with Crippen LogP contribution in [0.1, 0.15) is 16.8 Å². The number of guanidine groups is 1. The lowest BCUT2D eigenvalue weighted by molar-refractivity contribution is 0.317. The summed E-state index contributed by atoms with van der Waals surface area (Å²) in [5.41, 5.74) is 3.39. The summed E-state index contributed by atoms with van der Waals surface area (Å²) in [5.74, 6) is 1.74. The first-order chi connectivity index (χ1) is 11.7. The molecule has 0 bridgehead atoms. The molecule has 1 aromatic carbocycles. The zero-order valence-electron chi connectivity index (χ0n) is 14.7. The quantitative estimate of drug-likeness (QED) is 0.466. The molecule has 0 unspecified atom stereocenters. The molecule has 0 aliphatic rings. The van der Waals surface area contributed by atoms with Crippen molar-refractivity contribution in [3.63, 3.8) is 0 Å². The van der Waals surface area contributed by atoms with E-state index >= 15 is 0 Å². The first-order valence-electron chi connectivity index (χ1n) is 8.24. The minimum absolute atomic E-state index is 0.590. The molecule has 24 heavy (non-hydrogen) atoms. The predicted molar refractivity (Wildman–Crippen MR) is 98.7 cm³/mol. The van der Waals surface area contributed by atoms with Crippen LogP contribution in [0.3, 0.4) is 0 Å². The molecule has 1 aromatic heterocycles. The molecular formula is C19H26N4O. The fourth-order valence-electron chi connectivity index (χ4n) is 2.42. The van der Waals surface area contributed by atoms with E-state index in [-0.39, 0.29) is 0 Å². The molecule has 2 N–H and O–H groups in total. The van der Waals surface area contributed by atoms with Crippen molar-refractivity contribution >= 4 is 5.96 Å². The Labute approximate surface area is 144 Å². The number of para-hydroxylation sites is 1. The van der Waals surface area contributed by atoms with Crippen molar-refractivity contribution in [3.05, 3.63) is 59.4 Å². The number of aliphatic imine (C=N–C) groups is 1. The van der Waals surface area contributed by atoms with Gasteiger partial charge in [-0.25, -0.2) is 0 Å². The number of rotatable bonds is 7. The van der Waals surface area contributed by atoms with Gasteiger partial charge in [-0.15, -0.1) is 0 Å². The standard InChI is InChI=1S/C19H26N4O/c1-15-7-6-8-16(2)18(15)24-14-13-23-19(20-3)22-12-10-17-9-4-5-11-21-17/h4-9,11H,10,12-14H2,1-3H3,(H2,20,22,23). The third kappa shape index (κ3) is 5.57. The predicted octanol–water partition coefficient (Wildman–Crippen LogP) is 2.48. The van der Waals surface area contributed by atoms with Gasteiger partial charge in [-0.3, -0.25) is 9.98 Å². The Balaban J connectivity index is 1.68. The molecule has 128 valence electrons. The number of nitrogens with one attached hydrogen (secondary N) is 2. The second-order valence-corrected chi connectivity index (χ2v) is 5.57. The highest BCUT2D eigenvalue weighted by Gasteiger charge is 2.03. The summed E-state index contributed by atoms with van der Waals surface area (Å²) in [5, 5.41) is 6.54. The van der Waals surface area contributed by atoms with E-state index in [4.69, 9.17) is 4.74 Å². The summed E-state index contributed by atoms with van der Waals surface area (Å²) in [6.07, 6.45) is 2.67. The number of hydrogen-bond acceptors (Lipinski definition) is 3. The highest BCUT2D eigenvalue weighted by atomic mass is 16.5. The topological polar surface area (TPSA) is 58.5 Å². The van der Waals surface area contributed by atoms with Gasteiger partial charge in [0.25, 0.3) is 0 Å². The second kappa shape index (κ2) is 9.55. The van der Waals surface area contributed by atoms with Crippen LogP contribution in [-0.4, -0.2) is 37.7 Å². The molecule has 0 radical (unpaired) electrons. The van der Waals surface area contributed by atoms with E-state index in [1.807, 2.05) is 30.5 Å². The minimum atomic E-state index is 0.590. The third-order valence-corrected chi connectivity index (χ3v) is 3.67. The maximum atomic E-state index is 5.88. The van der Waals surface area contributed by atoms with Crippen molar-refractivity contribution in [2.45, 2.75) is 20.3 Å². The number of aryl methyl sites for hydroxylation is 2. The van der Waals surface area contributed by atoms with Gasteiger partial charge < -0.3 is 15.4 Å². The molecule has 0 saturated heterocycles. The molecule has 0 amide bonds. The fraction of sp³-hybridized carbons (Fsp3) is 0.368. The molecule has 0 atom stereocenters. The first kappa shape index (κ1) is 17.8. The molecule has 5 heteroatoms. The van der Waals surface area contributed by atoms with Gasteiger partial charge in [-0.2, -0.15) is 0 Å². The Bertz CT molecular complexity index is 635. The third-order valence-electron chi connectivity index (χ3n) is 3.67. The zero-order chi connectivity index (χ0) is 17.2. The summed E-state index contributed by atoms with van der Waals surface area (Å²) < 4.78 is 5.88. The molecule has 2 rings (SSSR count). The average Bonchev–Trinajstić information content (AvgIpc) is 2.60. The molecule has 0 spiro atoms. The largest absolute Gasteiger partial charge is 0.491 e. The minimum Gasteiger partial charge on any atom is -0.491 e. The van der Waals surface area contributed by atoms with Gasteiger partial charge in [-0.1, -0.05) is 24.3 Å². The summed E-state index contributed by atoms with van der Waals surface area (Å²) in [6.45, 7) is 6.19. The van der Waals surface area contributed by atoms with Gasteiger partial charge in [0.1, 0.15) is 12.4 Å². The second-order valence-electron chi connectivity index (χ2n) is 5.57. The molecule has 2 aromatic rings. The lowest BCUT2D eigenvalue weighted by Crippen LogP contribution is -2.40. The number of aromatic nitrogens is 1. The van der Waals surface area contributed by atoms with E-state index in [2.05, 4.69) is 46.6 Å². The summed E-state index contributed by atoms with van der Waals surface area (Å²) in [4.78, 5) is 8.52. The number of ether oxygens (including phenoxy) is 1. The van der Waals surface area contributed by atoms with Crippen molar-refractivity contribution in [1.29, 1.82) is 0 Å². The SMILES string of the molecule is CN=C(NCCOc1c(C)cccc1C)NCCc1ccccn1. The van der Waals surface area contributed by atoms with E-state index in [9.17, 15) is 0 Å². The molecule has 1 heterocycles. The van der Waals surface area contributed by atoms with Gasteiger partial charge in [-0.05, 0) is 37.1 Å². The zero-order valence-corrected chi connectivity index (χ0v) is 14.7. The van der Waals surface area contributed by atoms with E-state index in [0.29, 0.717) is 13.2 Å². The van der Waals surface area contributed by atoms with E-state index in [1.165, 1.54) is 0 Å². The number of benzene rings is 1. The normalized spacial score (nSPS) is 11.2. The van der Waals surface area contributed by atoms with Crippen LogP contribution in [-0.2, 0) is 6.42 Å². The molecule has 0 aliphatic carbocycles. The highest BCUT2D eigenvalue weighted by molar-refractivity contribution is 5.79. The molecule has 5 nitrogen and oxygen atoms in total. The van der Waals surface area contributed by atoms with Crippen molar-refractivity contribution in [3.8, 4) is 5.75 Å². The van der Waals surface area contributed by atoms with E-state index in [1.54, 1.807) is 7.05 Å². The van der Waals surface area contributed by atoms with Gasteiger partial charge >= 0.3 is 0 Å². The van der Waals surface area contributed by atoms with E-state index < -0.39 is 0 Å². The van der Waals surface area contributed by atoms with Crippen LogP contribution in [0.5, 0.6) is 5.75 Å². The van der Waals surface area contributed by atoms with Gasteiger partial charge in [0.2, 0.25) is 0 Å². The van der Waals surface area contributed by atoms with Crippen LogP contribution in [0.2, 0.25) is 0 Å². The van der Waals surface area contributed by atoms with Gasteiger partial charge in [0.05, 0.1) is 6.54 Å². The number of pyridine rings is 1. The Kier molecular flexibility index (Phi) is 7.08. The Morgan fingerprint density at radius 3 is 2.46 bits per heavy atom. The van der Waals surface area contributed by atoms with Crippen LogP contribution < -0.4 is 15.4 Å². The molecular weight excluding hydrogens is 300 g/mol. The van der Waals surface area contributed by atoms with Gasteiger partial charge in [0.15, 0.2) is 5.96 Å². The molecule has 0 aliphatic heterocycles. The lowest BCUT2D eigenvalue weighted by atomic mass is 10.1. The van der Waals surface area contributed by atoms with Crippen LogP contribution >= 0.6 is 0 Å². The molecule has 0 saturated carbocycles. The first-order valence-corrected chi connectivity index (χ1v) is 8.24. The Morgan fingerprint density at radius 1 is 1.04 bits per heavy atom.